The van der Waals surface area contributed by atoms with Crippen LogP contribution in [0.1, 0.15) is 18.9 Å². The topological polar surface area (TPSA) is 78.9 Å². The molecule has 0 saturated carbocycles. The van der Waals surface area contributed by atoms with E-state index in [-0.39, 0.29) is 12.6 Å². The number of rotatable bonds is 4. The van der Waals surface area contributed by atoms with Crippen LogP contribution in [0.4, 0.5) is 10.5 Å². The van der Waals surface area contributed by atoms with E-state index in [2.05, 4.69) is 5.32 Å². The summed E-state index contributed by atoms with van der Waals surface area (Å²) in [6.07, 6.45) is 1.77. The van der Waals surface area contributed by atoms with Crippen LogP contribution in [0.5, 0.6) is 0 Å². The van der Waals surface area contributed by atoms with E-state index in [0.29, 0.717) is 0 Å². The van der Waals surface area contributed by atoms with Gasteiger partial charge < -0.3 is 15.2 Å². The smallest absolute Gasteiger partial charge is 0.328 e. The maximum Gasteiger partial charge on any atom is 0.328 e. The molecule has 21 heavy (non-hydrogen) atoms. The van der Waals surface area contributed by atoms with Gasteiger partial charge in [-0.25, -0.2) is 9.59 Å². The number of urea groups is 1. The van der Waals surface area contributed by atoms with Gasteiger partial charge in [0.2, 0.25) is 0 Å². The van der Waals surface area contributed by atoms with Crippen LogP contribution in [0.2, 0.25) is 0 Å². The lowest BCUT2D eigenvalue weighted by Gasteiger charge is -2.35. The zero-order valence-electron chi connectivity index (χ0n) is 12.2. The van der Waals surface area contributed by atoms with Crippen LogP contribution in [-0.4, -0.2) is 42.9 Å². The SMILES string of the molecule is COCC(NC(=O)N1c2ccccc2CCC1C)C(=O)O. The van der Waals surface area contributed by atoms with Crippen LogP contribution in [0.15, 0.2) is 24.3 Å². The number of anilines is 1. The number of carbonyl (C=O) groups is 2. The second-order valence-electron chi connectivity index (χ2n) is 5.18. The van der Waals surface area contributed by atoms with Crippen LogP contribution in [0.25, 0.3) is 0 Å². The number of amides is 2. The molecule has 1 aromatic carbocycles. The molecule has 2 amide bonds. The monoisotopic (exact) mass is 292 g/mol. The summed E-state index contributed by atoms with van der Waals surface area (Å²) >= 11 is 0. The minimum atomic E-state index is -1.11. The molecule has 0 aromatic heterocycles. The molecule has 0 aliphatic carbocycles. The van der Waals surface area contributed by atoms with Crippen LogP contribution < -0.4 is 10.2 Å². The Bertz CT molecular complexity index is 532. The van der Waals surface area contributed by atoms with Crippen LogP contribution in [-0.2, 0) is 16.0 Å². The highest BCUT2D eigenvalue weighted by Gasteiger charge is 2.30. The lowest BCUT2D eigenvalue weighted by molar-refractivity contribution is -0.140. The lowest BCUT2D eigenvalue weighted by Crippen LogP contribution is -2.53. The van der Waals surface area contributed by atoms with Crippen molar-refractivity contribution < 1.29 is 19.4 Å². The third kappa shape index (κ3) is 3.33. The number of benzene rings is 1. The van der Waals surface area contributed by atoms with Gasteiger partial charge in [0.15, 0.2) is 6.04 Å². The molecular weight excluding hydrogens is 272 g/mol. The molecule has 1 aromatic rings. The summed E-state index contributed by atoms with van der Waals surface area (Å²) < 4.78 is 4.84. The quantitative estimate of drug-likeness (QED) is 0.884. The number of carboxylic acid groups (broad SMARTS) is 1. The standard InChI is InChI=1S/C15H20N2O4/c1-10-7-8-11-5-3-4-6-13(11)17(10)15(20)16-12(9-21-2)14(18)19/h3-6,10,12H,7-9H2,1-2H3,(H,16,20)(H,18,19). The number of methoxy groups -OCH3 is 1. The van der Waals surface area contributed by atoms with Gasteiger partial charge in [0, 0.05) is 18.8 Å². The zero-order chi connectivity index (χ0) is 15.4. The van der Waals surface area contributed by atoms with E-state index in [9.17, 15) is 9.59 Å². The van der Waals surface area contributed by atoms with Crippen molar-refractivity contribution in [2.45, 2.75) is 31.8 Å². The largest absolute Gasteiger partial charge is 0.480 e. The number of para-hydroxylation sites is 1. The Morgan fingerprint density at radius 1 is 1.48 bits per heavy atom. The summed E-state index contributed by atoms with van der Waals surface area (Å²) in [7, 11) is 1.40. The number of nitrogens with one attached hydrogen (secondary N) is 1. The normalized spacial score (nSPS) is 18.8. The molecule has 0 bridgehead atoms. The predicted octanol–water partition coefficient (Wildman–Crippen LogP) is 1.64. The molecule has 0 radical (unpaired) electrons. The van der Waals surface area contributed by atoms with Crippen molar-refractivity contribution in [1.82, 2.24) is 5.32 Å². The van der Waals surface area contributed by atoms with Gasteiger partial charge in [-0.05, 0) is 31.4 Å². The van der Waals surface area contributed by atoms with Crippen molar-refractivity contribution >= 4 is 17.7 Å². The summed E-state index contributed by atoms with van der Waals surface area (Å²) in [6, 6.07) is 6.26. The Hall–Kier alpha value is -2.08. The number of ether oxygens (including phenoxy) is 1. The molecule has 0 saturated heterocycles. The Labute approximate surface area is 123 Å². The molecule has 114 valence electrons. The highest BCUT2D eigenvalue weighted by atomic mass is 16.5. The summed E-state index contributed by atoms with van der Waals surface area (Å²) in [5.41, 5.74) is 1.94. The molecule has 0 spiro atoms. The molecule has 1 aliphatic heterocycles. The van der Waals surface area contributed by atoms with E-state index < -0.39 is 18.0 Å². The lowest BCUT2D eigenvalue weighted by atomic mass is 9.97. The molecule has 2 rings (SSSR count). The summed E-state index contributed by atoms with van der Waals surface area (Å²) in [5.74, 6) is -1.11. The van der Waals surface area contributed by atoms with Gasteiger partial charge in [0.25, 0.3) is 0 Å². The first-order valence-electron chi connectivity index (χ1n) is 6.94. The number of aryl methyl sites for hydroxylation is 1. The van der Waals surface area contributed by atoms with Crippen LogP contribution in [0, 0.1) is 0 Å². The summed E-state index contributed by atoms with van der Waals surface area (Å²) in [5, 5.41) is 11.6. The molecule has 6 heteroatoms. The van der Waals surface area contributed by atoms with Crippen molar-refractivity contribution in [3.05, 3.63) is 29.8 Å². The number of hydrogen-bond donors (Lipinski definition) is 2. The first kappa shape index (κ1) is 15.3. The second-order valence-corrected chi connectivity index (χ2v) is 5.18. The van der Waals surface area contributed by atoms with E-state index in [0.717, 1.165) is 24.1 Å². The number of aliphatic carboxylic acids is 1. The van der Waals surface area contributed by atoms with Crippen LogP contribution >= 0.6 is 0 Å². The van der Waals surface area contributed by atoms with Crippen molar-refractivity contribution in [3.63, 3.8) is 0 Å². The van der Waals surface area contributed by atoms with Gasteiger partial charge in [-0.1, -0.05) is 18.2 Å². The van der Waals surface area contributed by atoms with Gasteiger partial charge in [0.1, 0.15) is 0 Å². The summed E-state index contributed by atoms with van der Waals surface area (Å²) in [4.78, 5) is 25.2. The van der Waals surface area contributed by atoms with E-state index in [1.54, 1.807) is 4.90 Å². The van der Waals surface area contributed by atoms with E-state index in [4.69, 9.17) is 9.84 Å². The number of carbonyl (C=O) groups excluding carboxylic acids is 1. The fraction of sp³-hybridized carbons (Fsp3) is 0.467. The molecule has 2 atom stereocenters. The Balaban J connectivity index is 2.20. The highest BCUT2D eigenvalue weighted by molar-refractivity contribution is 5.96. The Kier molecular flexibility index (Phi) is 4.80. The van der Waals surface area contributed by atoms with Crippen LogP contribution in [0.3, 0.4) is 0 Å². The van der Waals surface area contributed by atoms with Crippen molar-refractivity contribution in [2.75, 3.05) is 18.6 Å². The number of nitrogens with zero attached hydrogens (tertiary/aromatic N) is 1. The molecule has 1 heterocycles. The average Bonchev–Trinajstić information content (AvgIpc) is 2.46. The van der Waals surface area contributed by atoms with Crippen molar-refractivity contribution in [2.24, 2.45) is 0 Å². The van der Waals surface area contributed by atoms with E-state index in [1.165, 1.54) is 7.11 Å². The minimum absolute atomic E-state index is 0.0249. The van der Waals surface area contributed by atoms with Gasteiger partial charge in [-0.15, -0.1) is 0 Å². The van der Waals surface area contributed by atoms with Gasteiger partial charge in [0.05, 0.1) is 6.61 Å². The molecule has 0 fully saturated rings. The molecule has 1 aliphatic rings. The fourth-order valence-corrected chi connectivity index (χ4v) is 2.56. The van der Waals surface area contributed by atoms with Gasteiger partial charge in [-0.2, -0.15) is 0 Å². The third-order valence-electron chi connectivity index (χ3n) is 3.67. The minimum Gasteiger partial charge on any atom is -0.480 e. The Morgan fingerprint density at radius 3 is 2.86 bits per heavy atom. The maximum atomic E-state index is 12.5. The van der Waals surface area contributed by atoms with Gasteiger partial charge >= 0.3 is 12.0 Å². The van der Waals surface area contributed by atoms with E-state index in [1.807, 2.05) is 31.2 Å². The maximum absolute atomic E-state index is 12.5. The fourth-order valence-electron chi connectivity index (χ4n) is 2.56. The first-order valence-corrected chi connectivity index (χ1v) is 6.94. The van der Waals surface area contributed by atoms with E-state index >= 15 is 0 Å². The first-order chi connectivity index (χ1) is 10.0. The Morgan fingerprint density at radius 2 is 2.19 bits per heavy atom. The zero-order valence-corrected chi connectivity index (χ0v) is 12.2. The third-order valence-corrected chi connectivity index (χ3v) is 3.67. The van der Waals surface area contributed by atoms with Crippen molar-refractivity contribution in [1.29, 1.82) is 0 Å². The predicted molar refractivity (Wildman–Crippen MR) is 78.5 cm³/mol. The molecule has 6 nitrogen and oxygen atoms in total. The highest BCUT2D eigenvalue weighted by Crippen LogP contribution is 2.30. The molecule has 2 N–H and O–H groups in total. The van der Waals surface area contributed by atoms with Gasteiger partial charge in [-0.3, -0.25) is 4.90 Å². The molecule has 2 unspecified atom stereocenters. The molecular formula is C15H20N2O4. The number of hydrogen-bond acceptors (Lipinski definition) is 3. The van der Waals surface area contributed by atoms with Crippen molar-refractivity contribution in [3.8, 4) is 0 Å². The number of fused-ring (bicyclic) bond motifs is 1. The average molecular weight is 292 g/mol. The summed E-state index contributed by atoms with van der Waals surface area (Å²) in [6.45, 7) is 1.90. The number of carboxylic acids is 1. The second kappa shape index (κ2) is 6.58.